The van der Waals surface area contributed by atoms with Crippen LogP contribution >= 0.6 is 11.8 Å². The molecule has 0 aliphatic carbocycles. The molecule has 5 heteroatoms. The molecule has 0 saturated carbocycles. The number of thioether (sulfide) groups is 1. The van der Waals surface area contributed by atoms with Crippen molar-refractivity contribution in [2.45, 2.75) is 36.2 Å². The molecule has 1 aromatic rings. The van der Waals surface area contributed by atoms with Crippen molar-refractivity contribution >= 4 is 11.8 Å². The van der Waals surface area contributed by atoms with Gasteiger partial charge in [-0.25, -0.2) is 4.39 Å². The predicted octanol–water partition coefficient (Wildman–Crippen LogP) is 2.09. The van der Waals surface area contributed by atoms with Crippen molar-refractivity contribution in [1.82, 2.24) is 5.32 Å². The Morgan fingerprint density at radius 2 is 2.16 bits per heavy atom. The summed E-state index contributed by atoms with van der Waals surface area (Å²) < 4.78 is 13.8. The Balaban J connectivity index is 2.27. The Labute approximate surface area is 117 Å². The van der Waals surface area contributed by atoms with Crippen molar-refractivity contribution in [1.29, 1.82) is 0 Å². The van der Waals surface area contributed by atoms with E-state index in [1.165, 1.54) is 17.8 Å². The number of benzene rings is 1. The van der Waals surface area contributed by atoms with Crippen LogP contribution in [-0.2, 0) is 0 Å². The van der Waals surface area contributed by atoms with E-state index in [0.717, 1.165) is 17.7 Å². The van der Waals surface area contributed by atoms with Crippen LogP contribution in [0, 0.1) is 5.82 Å². The molecule has 0 aromatic heterocycles. The van der Waals surface area contributed by atoms with E-state index < -0.39 is 5.54 Å². The molecule has 0 amide bonds. The summed E-state index contributed by atoms with van der Waals surface area (Å²) >= 11 is 1.53. The number of hydrogen-bond acceptors (Lipinski definition) is 4. The van der Waals surface area contributed by atoms with Crippen LogP contribution in [0.5, 0.6) is 0 Å². The first-order chi connectivity index (χ1) is 9.15. The third-order valence-electron chi connectivity index (χ3n) is 3.79. The second kappa shape index (κ2) is 6.22. The summed E-state index contributed by atoms with van der Waals surface area (Å²) in [4.78, 5) is 0.687. The van der Waals surface area contributed by atoms with Crippen molar-refractivity contribution < 1.29 is 14.6 Å². The van der Waals surface area contributed by atoms with Gasteiger partial charge in [-0.3, -0.25) is 0 Å². The monoisotopic (exact) mass is 285 g/mol. The second-order valence-electron chi connectivity index (χ2n) is 4.94. The second-order valence-corrected chi connectivity index (χ2v) is 6.05. The van der Waals surface area contributed by atoms with Crippen LogP contribution < -0.4 is 5.32 Å². The van der Waals surface area contributed by atoms with Crippen LogP contribution in [0.15, 0.2) is 23.1 Å². The quantitative estimate of drug-likeness (QED) is 0.775. The molecule has 2 rings (SSSR count). The van der Waals surface area contributed by atoms with Gasteiger partial charge in [0.25, 0.3) is 0 Å². The van der Waals surface area contributed by atoms with Gasteiger partial charge in [0.1, 0.15) is 5.82 Å². The zero-order valence-electron chi connectivity index (χ0n) is 11.0. The SMILES string of the molecule is CCC(CO)(CO)NC1CCSc2c(F)cccc21. The van der Waals surface area contributed by atoms with Gasteiger partial charge in [-0.15, -0.1) is 11.8 Å². The predicted molar refractivity (Wildman–Crippen MR) is 74.8 cm³/mol. The minimum absolute atomic E-state index is 0.0220. The van der Waals surface area contributed by atoms with E-state index in [4.69, 9.17) is 0 Å². The molecule has 1 aromatic carbocycles. The Bertz CT molecular complexity index is 429. The molecular weight excluding hydrogens is 265 g/mol. The Morgan fingerprint density at radius 1 is 1.42 bits per heavy atom. The van der Waals surface area contributed by atoms with Crippen molar-refractivity contribution in [3.05, 3.63) is 29.6 Å². The largest absolute Gasteiger partial charge is 0.394 e. The van der Waals surface area contributed by atoms with Crippen LogP contribution in [0.4, 0.5) is 4.39 Å². The van der Waals surface area contributed by atoms with Gasteiger partial charge in [0.15, 0.2) is 0 Å². The van der Waals surface area contributed by atoms with Crippen LogP contribution in [0.2, 0.25) is 0 Å². The molecule has 3 N–H and O–H groups in total. The van der Waals surface area contributed by atoms with Crippen LogP contribution in [0.3, 0.4) is 0 Å². The van der Waals surface area contributed by atoms with Crippen LogP contribution in [0.25, 0.3) is 0 Å². The van der Waals surface area contributed by atoms with Crippen molar-refractivity contribution in [2.75, 3.05) is 19.0 Å². The fourth-order valence-electron chi connectivity index (χ4n) is 2.37. The molecule has 0 spiro atoms. The van der Waals surface area contributed by atoms with E-state index in [2.05, 4.69) is 5.32 Å². The number of fused-ring (bicyclic) bond motifs is 1. The summed E-state index contributed by atoms with van der Waals surface area (Å²) in [6.45, 7) is 1.66. The number of rotatable bonds is 5. The molecule has 1 atom stereocenters. The molecule has 0 bridgehead atoms. The van der Waals surface area contributed by atoms with E-state index in [1.807, 2.05) is 13.0 Å². The lowest BCUT2D eigenvalue weighted by atomic mass is 9.93. The molecule has 106 valence electrons. The van der Waals surface area contributed by atoms with E-state index in [0.29, 0.717) is 11.3 Å². The fraction of sp³-hybridized carbons (Fsp3) is 0.571. The molecule has 0 fully saturated rings. The van der Waals surface area contributed by atoms with Crippen LogP contribution in [-0.4, -0.2) is 34.7 Å². The molecule has 0 radical (unpaired) electrons. The number of aliphatic hydroxyl groups excluding tert-OH is 2. The molecule has 19 heavy (non-hydrogen) atoms. The minimum atomic E-state index is -0.698. The highest BCUT2D eigenvalue weighted by Gasteiger charge is 2.32. The standard InChI is InChI=1S/C14H20FNO2S/c1-2-14(8-17,9-18)16-12-6-7-19-13-10(12)4-3-5-11(13)15/h3-5,12,16-18H,2,6-9H2,1H3. The highest BCUT2D eigenvalue weighted by atomic mass is 32.2. The number of halogens is 1. The zero-order chi connectivity index (χ0) is 13.9. The first-order valence-electron chi connectivity index (χ1n) is 6.56. The summed E-state index contributed by atoms with van der Waals surface area (Å²) in [6, 6.07) is 5.07. The van der Waals surface area contributed by atoms with Crippen molar-refractivity contribution in [2.24, 2.45) is 0 Å². The number of hydrogen-bond donors (Lipinski definition) is 3. The van der Waals surface area contributed by atoms with Gasteiger partial charge in [-0.1, -0.05) is 19.1 Å². The molecule has 1 aliphatic heterocycles. The van der Waals surface area contributed by atoms with Gasteiger partial charge < -0.3 is 15.5 Å². The molecule has 1 heterocycles. The summed E-state index contributed by atoms with van der Waals surface area (Å²) in [5.41, 5.74) is 0.229. The average molecular weight is 285 g/mol. The van der Waals surface area contributed by atoms with Gasteiger partial charge >= 0.3 is 0 Å². The molecule has 1 unspecified atom stereocenters. The van der Waals surface area contributed by atoms with Gasteiger partial charge in [-0.2, -0.15) is 0 Å². The normalized spacial score (nSPS) is 19.3. The molecule has 3 nitrogen and oxygen atoms in total. The van der Waals surface area contributed by atoms with Gasteiger partial charge in [-0.05, 0) is 30.2 Å². The highest BCUT2D eigenvalue weighted by Crippen LogP contribution is 2.38. The third kappa shape index (κ3) is 2.94. The Hall–Kier alpha value is -0.620. The summed E-state index contributed by atoms with van der Waals surface area (Å²) in [7, 11) is 0. The smallest absolute Gasteiger partial charge is 0.137 e. The lowest BCUT2D eigenvalue weighted by molar-refractivity contribution is 0.0764. The van der Waals surface area contributed by atoms with E-state index in [-0.39, 0.29) is 25.1 Å². The summed E-state index contributed by atoms with van der Waals surface area (Å²) in [5.74, 6) is 0.645. The van der Waals surface area contributed by atoms with Gasteiger partial charge in [0.2, 0.25) is 0 Å². The lowest BCUT2D eigenvalue weighted by Gasteiger charge is -2.37. The third-order valence-corrected chi connectivity index (χ3v) is 4.95. The average Bonchev–Trinajstić information content (AvgIpc) is 2.46. The maximum absolute atomic E-state index is 13.8. The summed E-state index contributed by atoms with van der Waals surface area (Å²) in [5, 5.41) is 22.3. The van der Waals surface area contributed by atoms with E-state index >= 15 is 0 Å². The maximum Gasteiger partial charge on any atom is 0.137 e. The first-order valence-corrected chi connectivity index (χ1v) is 7.55. The molecular formula is C14H20FNO2S. The summed E-state index contributed by atoms with van der Waals surface area (Å²) in [6.07, 6.45) is 1.48. The Kier molecular flexibility index (Phi) is 4.84. The topological polar surface area (TPSA) is 52.5 Å². The molecule has 0 saturated heterocycles. The lowest BCUT2D eigenvalue weighted by Crippen LogP contribution is -2.53. The fourth-order valence-corrected chi connectivity index (χ4v) is 3.51. The van der Waals surface area contributed by atoms with E-state index in [9.17, 15) is 14.6 Å². The molecule has 1 aliphatic rings. The van der Waals surface area contributed by atoms with Crippen LogP contribution in [0.1, 0.15) is 31.4 Å². The highest BCUT2D eigenvalue weighted by molar-refractivity contribution is 7.99. The Morgan fingerprint density at radius 3 is 2.79 bits per heavy atom. The van der Waals surface area contributed by atoms with Gasteiger partial charge in [0, 0.05) is 10.9 Å². The van der Waals surface area contributed by atoms with Crippen molar-refractivity contribution in [3.63, 3.8) is 0 Å². The van der Waals surface area contributed by atoms with Gasteiger partial charge in [0.05, 0.1) is 18.8 Å². The maximum atomic E-state index is 13.8. The number of nitrogens with one attached hydrogen (secondary N) is 1. The number of aliphatic hydroxyl groups is 2. The zero-order valence-corrected chi connectivity index (χ0v) is 11.8. The minimum Gasteiger partial charge on any atom is -0.394 e. The van der Waals surface area contributed by atoms with E-state index in [1.54, 1.807) is 6.07 Å². The van der Waals surface area contributed by atoms with Crippen molar-refractivity contribution in [3.8, 4) is 0 Å². The first kappa shape index (κ1) is 14.8.